The summed E-state index contributed by atoms with van der Waals surface area (Å²) in [5.41, 5.74) is -5.45. The Morgan fingerprint density at radius 1 is 0.574 bits per heavy atom. The quantitative estimate of drug-likeness (QED) is 0.0356. The number of carboxylic acids is 2. The number of aryl methyl sites for hydroxylation is 2. The third-order valence-corrected chi connectivity index (χ3v) is 11.6. The molecule has 366 valence electrons. The number of nitrogens with zero attached hydrogens (tertiary/aromatic N) is 6. The second kappa shape index (κ2) is 21.8. The Morgan fingerprint density at radius 2 is 0.926 bits per heavy atom. The van der Waals surface area contributed by atoms with Crippen molar-refractivity contribution in [2.75, 3.05) is 88.6 Å². The first-order valence-corrected chi connectivity index (χ1v) is 21.5. The van der Waals surface area contributed by atoms with Gasteiger partial charge in [0.15, 0.2) is 35.5 Å². The average Bonchev–Trinajstić information content (AvgIpc) is 3.29. The smallest absolute Gasteiger partial charge is 0.341 e. The zero-order valence-corrected chi connectivity index (χ0v) is 36.5. The number of carbonyl (C=O) groups is 2. The molecule has 20 nitrogen and oxygen atoms in total. The molecule has 6 rings (SSSR count). The van der Waals surface area contributed by atoms with Gasteiger partial charge in [0.05, 0.1) is 34.9 Å². The van der Waals surface area contributed by atoms with Gasteiger partial charge in [-0.3, -0.25) is 41.9 Å². The number of carboxylic acid groups (broad SMARTS) is 2. The minimum atomic E-state index is -1.61. The number of unbranched alkanes of at least 4 members (excludes halogenated alkanes) is 3. The van der Waals surface area contributed by atoms with E-state index in [1.165, 1.54) is 9.80 Å². The standard InChI is InChI=1S/C42H50F6N14O6/c43-5-9-61-21-25(37(65)66)35(63)23-19-27(45)33(29(47)31(23)61)57-11-15-59(16-12-57)41(51)55-39(49)53-7-3-1-2-4-8-54-40(50)56-42(52)60-17-13-58(14-18-60)34-28(46)20-24-32(30(34)48)62(10-6-44)22-26(36(24)64)38(67)68/h19-22H,1-18H2,(H,65,66)(H,67,68)(H4,49,51,53,55)(H4,50,52,54,56). The third-order valence-electron chi connectivity index (χ3n) is 11.6. The van der Waals surface area contributed by atoms with Crippen molar-refractivity contribution in [2.45, 2.75) is 38.8 Å². The van der Waals surface area contributed by atoms with Gasteiger partial charge >= 0.3 is 11.9 Å². The molecule has 2 aromatic heterocycles. The number of alkyl halides is 2. The molecule has 2 fully saturated rings. The van der Waals surface area contributed by atoms with Crippen LogP contribution in [0, 0.1) is 44.9 Å². The molecule has 0 atom stereocenters. The predicted molar refractivity (Wildman–Crippen MR) is 241 cm³/mol. The minimum absolute atomic E-state index is 0.0512. The number of hydrogen-bond acceptors (Lipinski definition) is 10. The Balaban J connectivity index is 0.865. The molecule has 0 unspecified atom stereocenters. The van der Waals surface area contributed by atoms with Gasteiger partial charge in [-0.15, -0.1) is 0 Å². The highest BCUT2D eigenvalue weighted by Gasteiger charge is 2.30. The number of aromatic carboxylic acids is 2. The SMILES string of the molecule is N=C(NCCCCCCNC(=N)NC(=N)N1CCN(c2c(F)cc3c(=O)c(C(=O)O)cn(CCF)c3c2F)CC1)NC(=N)N1CCN(c2c(F)cc3c(=O)c(C(=O)O)cn(CCF)c3c2F)CC1. The summed E-state index contributed by atoms with van der Waals surface area (Å²) in [6, 6.07) is 1.51. The molecule has 2 aromatic carbocycles. The van der Waals surface area contributed by atoms with Gasteiger partial charge in [-0.1, -0.05) is 12.8 Å². The average molecular weight is 961 g/mol. The van der Waals surface area contributed by atoms with E-state index in [0.717, 1.165) is 46.5 Å². The van der Waals surface area contributed by atoms with Gasteiger partial charge < -0.3 is 49.6 Å². The molecule has 0 aliphatic carbocycles. The monoisotopic (exact) mass is 960 g/mol. The summed E-state index contributed by atoms with van der Waals surface area (Å²) in [4.78, 5) is 54.4. The van der Waals surface area contributed by atoms with Crippen molar-refractivity contribution in [3.63, 3.8) is 0 Å². The van der Waals surface area contributed by atoms with Gasteiger partial charge in [-0.2, -0.15) is 0 Å². The van der Waals surface area contributed by atoms with Gasteiger partial charge in [0.25, 0.3) is 0 Å². The highest BCUT2D eigenvalue weighted by atomic mass is 19.2. The second-order valence-electron chi connectivity index (χ2n) is 15.9. The van der Waals surface area contributed by atoms with Gasteiger partial charge in [0, 0.05) is 77.8 Å². The van der Waals surface area contributed by atoms with Crippen LogP contribution in [-0.2, 0) is 13.1 Å². The zero-order valence-electron chi connectivity index (χ0n) is 36.5. The topological polar surface area (TPSA) is 275 Å². The van der Waals surface area contributed by atoms with Crippen molar-refractivity contribution in [1.82, 2.24) is 40.2 Å². The van der Waals surface area contributed by atoms with Crippen molar-refractivity contribution in [3.8, 4) is 0 Å². The zero-order chi connectivity index (χ0) is 49.4. The molecule has 4 aromatic rings. The Hall–Kier alpha value is -7.54. The molecule has 4 heterocycles. The van der Waals surface area contributed by atoms with Crippen LogP contribution in [0.1, 0.15) is 46.4 Å². The highest BCUT2D eigenvalue weighted by molar-refractivity contribution is 5.97. The first-order chi connectivity index (χ1) is 32.5. The maximum atomic E-state index is 15.9. The maximum absolute atomic E-state index is 15.9. The van der Waals surface area contributed by atoms with E-state index in [-0.39, 0.29) is 76.2 Å². The van der Waals surface area contributed by atoms with Crippen molar-refractivity contribution in [2.24, 2.45) is 0 Å². The molecule has 2 aliphatic heterocycles. The summed E-state index contributed by atoms with van der Waals surface area (Å²) in [6.45, 7) is -1.33. The van der Waals surface area contributed by atoms with Crippen molar-refractivity contribution in [3.05, 3.63) is 79.4 Å². The molecule has 2 aliphatic rings. The summed E-state index contributed by atoms with van der Waals surface area (Å²) >= 11 is 0. The van der Waals surface area contributed by atoms with Crippen LogP contribution in [0.25, 0.3) is 21.8 Å². The molecule has 0 radical (unpaired) electrons. The molecule has 10 N–H and O–H groups in total. The van der Waals surface area contributed by atoms with E-state index >= 15 is 17.6 Å². The molecule has 0 amide bonds. The molecule has 68 heavy (non-hydrogen) atoms. The van der Waals surface area contributed by atoms with Crippen molar-refractivity contribution in [1.29, 1.82) is 21.6 Å². The Bertz CT molecular complexity index is 2570. The second-order valence-corrected chi connectivity index (χ2v) is 15.9. The lowest BCUT2D eigenvalue weighted by atomic mass is 10.1. The molecular weight excluding hydrogens is 911 g/mol. The summed E-state index contributed by atoms with van der Waals surface area (Å²) in [5.74, 6) is -8.19. The molecular formula is C42H50F6N14O6. The first kappa shape index (κ1) is 49.9. The van der Waals surface area contributed by atoms with E-state index in [1.54, 1.807) is 9.80 Å². The number of piperazine rings is 2. The number of guanidine groups is 4. The van der Waals surface area contributed by atoms with E-state index in [2.05, 4.69) is 21.3 Å². The van der Waals surface area contributed by atoms with Crippen LogP contribution >= 0.6 is 0 Å². The number of nitrogens with one attached hydrogen (secondary N) is 8. The van der Waals surface area contributed by atoms with Crippen LogP contribution in [0.15, 0.2) is 34.1 Å². The van der Waals surface area contributed by atoms with Crippen LogP contribution < -0.4 is 41.9 Å². The van der Waals surface area contributed by atoms with Gasteiger partial charge in [-0.25, -0.2) is 35.9 Å². The van der Waals surface area contributed by atoms with E-state index in [4.69, 9.17) is 21.6 Å². The first-order valence-electron chi connectivity index (χ1n) is 21.5. The molecule has 26 heteroatoms. The number of anilines is 2. The number of benzene rings is 2. The van der Waals surface area contributed by atoms with E-state index in [0.29, 0.717) is 25.9 Å². The number of aromatic nitrogens is 2. The summed E-state index contributed by atoms with van der Waals surface area (Å²) in [6.07, 6.45) is 4.56. The van der Waals surface area contributed by atoms with Crippen molar-refractivity contribution < 1.29 is 46.1 Å². The van der Waals surface area contributed by atoms with Crippen molar-refractivity contribution >= 4 is 69.0 Å². The minimum Gasteiger partial charge on any atom is -0.477 e. The fourth-order valence-electron chi connectivity index (χ4n) is 8.19. The summed E-state index contributed by atoms with van der Waals surface area (Å²) in [5, 5.41) is 62.0. The molecule has 0 spiro atoms. The Kier molecular flexibility index (Phi) is 16.0. The van der Waals surface area contributed by atoms with Crippen LogP contribution in [0.4, 0.5) is 37.7 Å². The highest BCUT2D eigenvalue weighted by Crippen LogP contribution is 2.32. The van der Waals surface area contributed by atoms with Crippen LogP contribution in [0.3, 0.4) is 0 Å². The van der Waals surface area contributed by atoms with Gasteiger partial charge in [0.2, 0.25) is 10.9 Å². The van der Waals surface area contributed by atoms with Gasteiger partial charge in [-0.05, 0) is 25.0 Å². The van der Waals surface area contributed by atoms with Crippen LogP contribution in [-0.4, -0.2) is 144 Å². The van der Waals surface area contributed by atoms with Crippen LogP contribution in [0.5, 0.6) is 0 Å². The fraction of sp³-hybridized carbons (Fsp3) is 0.429. The van der Waals surface area contributed by atoms with E-state index in [1.807, 2.05) is 0 Å². The lowest BCUT2D eigenvalue weighted by Crippen LogP contribution is -2.55. The lowest BCUT2D eigenvalue weighted by molar-refractivity contribution is 0.0684. The Morgan fingerprint density at radius 3 is 1.25 bits per heavy atom. The number of pyridine rings is 2. The largest absolute Gasteiger partial charge is 0.477 e. The summed E-state index contributed by atoms with van der Waals surface area (Å²) in [7, 11) is 0. The van der Waals surface area contributed by atoms with E-state index in [9.17, 15) is 38.2 Å². The lowest BCUT2D eigenvalue weighted by Gasteiger charge is -2.37. The molecule has 0 saturated carbocycles. The number of hydrogen-bond donors (Lipinski definition) is 10. The molecule has 0 bridgehead atoms. The van der Waals surface area contributed by atoms with E-state index < -0.39 is 117 Å². The third kappa shape index (κ3) is 10.8. The maximum Gasteiger partial charge on any atom is 0.341 e. The molecule has 2 saturated heterocycles. The number of fused-ring (bicyclic) bond motifs is 2. The Labute approximate surface area is 383 Å². The van der Waals surface area contributed by atoms with Crippen LogP contribution in [0.2, 0.25) is 0 Å². The normalized spacial score (nSPS) is 14.0. The van der Waals surface area contributed by atoms with Gasteiger partial charge in [0.1, 0.15) is 47.5 Å². The fourth-order valence-corrected chi connectivity index (χ4v) is 8.19. The number of halogens is 6. The number of rotatable bonds is 15. The summed E-state index contributed by atoms with van der Waals surface area (Å²) < 4.78 is 90.9. The predicted octanol–water partition coefficient (Wildman–Crippen LogP) is 2.81.